The van der Waals surface area contributed by atoms with Gasteiger partial charge in [0.25, 0.3) is 0 Å². The van der Waals surface area contributed by atoms with E-state index in [1.165, 1.54) is 51.4 Å². The molecular formula is C18H38CuN2S4. The minimum absolute atomic E-state index is 0. The number of hydrogen-bond donors (Lipinski definition) is 2. The van der Waals surface area contributed by atoms with E-state index in [9.17, 15) is 0 Å². The molecule has 0 unspecified atom stereocenters. The van der Waals surface area contributed by atoms with Crippen LogP contribution < -0.4 is 0 Å². The molecule has 0 aliphatic carbocycles. The second-order valence-electron chi connectivity index (χ2n) is 5.95. The van der Waals surface area contributed by atoms with Crippen molar-refractivity contribution in [3.63, 3.8) is 0 Å². The fourth-order valence-electron chi connectivity index (χ4n) is 2.00. The van der Waals surface area contributed by atoms with E-state index in [0.717, 1.165) is 34.8 Å². The fourth-order valence-corrected chi connectivity index (χ4v) is 2.77. The number of unbranched alkanes of at least 4 members (excludes halogenated alkanes) is 4. The summed E-state index contributed by atoms with van der Waals surface area (Å²) >= 11 is 18.5. The van der Waals surface area contributed by atoms with Gasteiger partial charge in [-0.3, -0.25) is 0 Å². The van der Waals surface area contributed by atoms with E-state index in [1.807, 2.05) is 0 Å². The Morgan fingerprint density at radius 2 is 0.800 bits per heavy atom. The molecule has 25 heavy (non-hydrogen) atoms. The van der Waals surface area contributed by atoms with E-state index in [0.29, 0.717) is 0 Å². The maximum Gasteiger partial charge on any atom is 0.133 e. The van der Waals surface area contributed by atoms with Crippen molar-refractivity contribution in [2.45, 2.75) is 79.1 Å². The van der Waals surface area contributed by atoms with Gasteiger partial charge in [0.1, 0.15) is 8.64 Å². The van der Waals surface area contributed by atoms with E-state index < -0.39 is 0 Å². The molecule has 1 radical (unpaired) electrons. The predicted octanol–water partition coefficient (Wildman–Crippen LogP) is 6.20. The van der Waals surface area contributed by atoms with Gasteiger partial charge in [-0.05, 0) is 25.7 Å². The van der Waals surface area contributed by atoms with Crippen LogP contribution in [0.2, 0.25) is 0 Å². The van der Waals surface area contributed by atoms with Gasteiger partial charge in [0, 0.05) is 43.2 Å². The van der Waals surface area contributed by atoms with Gasteiger partial charge < -0.3 is 9.80 Å². The van der Waals surface area contributed by atoms with E-state index in [2.05, 4.69) is 62.8 Å². The molecule has 0 rings (SSSR count). The number of hydrogen-bond acceptors (Lipinski definition) is 2. The summed E-state index contributed by atoms with van der Waals surface area (Å²) in [6.07, 6.45) is 9.74. The van der Waals surface area contributed by atoms with Crippen LogP contribution in [0, 0.1) is 0 Å². The molecule has 0 aromatic carbocycles. The monoisotopic (exact) mass is 473 g/mol. The Balaban J connectivity index is -0.000000372. The van der Waals surface area contributed by atoms with E-state index in [4.69, 9.17) is 24.4 Å². The zero-order chi connectivity index (χ0) is 18.8. The molecule has 0 N–H and O–H groups in total. The van der Waals surface area contributed by atoms with Gasteiger partial charge in [-0.2, -0.15) is 0 Å². The molecular weight excluding hydrogens is 436 g/mol. The standard InChI is InChI=1S/2C9H19NS2.Cu/c2*1-3-5-7-10(9(11)12)8-6-4-2;/h2*3-8H2,1-2H3,(H,11,12);. The van der Waals surface area contributed by atoms with E-state index >= 15 is 0 Å². The minimum atomic E-state index is 0. The molecule has 2 nitrogen and oxygen atoms in total. The first-order valence-corrected chi connectivity index (χ1v) is 11.1. The summed E-state index contributed by atoms with van der Waals surface area (Å²) in [5.41, 5.74) is 0. The second kappa shape index (κ2) is 23.0. The number of rotatable bonds is 12. The van der Waals surface area contributed by atoms with Crippen molar-refractivity contribution in [3.8, 4) is 0 Å². The molecule has 7 heteroatoms. The first-order chi connectivity index (χ1) is 11.4. The Labute approximate surface area is 189 Å². The maximum atomic E-state index is 5.03. The molecule has 0 saturated carbocycles. The quantitative estimate of drug-likeness (QED) is 0.197. The number of thiocarbonyl (C=S) groups is 2. The van der Waals surface area contributed by atoms with Gasteiger partial charge in [0.05, 0.1) is 0 Å². The molecule has 0 saturated heterocycles. The van der Waals surface area contributed by atoms with Crippen LogP contribution in [0.15, 0.2) is 0 Å². The molecule has 155 valence electrons. The summed E-state index contributed by atoms with van der Waals surface area (Å²) in [7, 11) is 0. The van der Waals surface area contributed by atoms with Crippen LogP contribution in [-0.2, 0) is 17.1 Å². The summed E-state index contributed by atoms with van der Waals surface area (Å²) in [5.74, 6) is 0. The number of thiol groups is 2. The average Bonchev–Trinajstić information content (AvgIpc) is 2.55. The first kappa shape index (κ1) is 30.7. The number of nitrogens with zero attached hydrogens (tertiary/aromatic N) is 2. The predicted molar refractivity (Wildman–Crippen MR) is 126 cm³/mol. The van der Waals surface area contributed by atoms with Gasteiger partial charge in [0.15, 0.2) is 0 Å². The summed E-state index contributed by atoms with van der Waals surface area (Å²) in [6.45, 7) is 13.0. The van der Waals surface area contributed by atoms with Crippen molar-refractivity contribution >= 4 is 58.3 Å². The van der Waals surface area contributed by atoms with Gasteiger partial charge >= 0.3 is 0 Å². The topological polar surface area (TPSA) is 6.48 Å². The maximum absolute atomic E-state index is 5.03. The van der Waals surface area contributed by atoms with Crippen LogP contribution in [0.5, 0.6) is 0 Å². The van der Waals surface area contributed by atoms with Crippen molar-refractivity contribution in [1.82, 2.24) is 9.80 Å². The molecule has 0 fully saturated rings. The Bertz CT molecular complexity index is 271. The molecule has 0 spiro atoms. The summed E-state index contributed by atoms with van der Waals surface area (Å²) < 4.78 is 1.49. The molecule has 0 heterocycles. The molecule has 0 aliphatic rings. The summed E-state index contributed by atoms with van der Waals surface area (Å²) in [6, 6.07) is 0. The Morgan fingerprint density at radius 1 is 0.600 bits per heavy atom. The average molecular weight is 474 g/mol. The Hall–Kier alpha value is 0.999. The van der Waals surface area contributed by atoms with Crippen molar-refractivity contribution in [2.24, 2.45) is 0 Å². The molecule has 0 aromatic rings. The van der Waals surface area contributed by atoms with Crippen molar-refractivity contribution in [3.05, 3.63) is 0 Å². The minimum Gasteiger partial charge on any atom is -0.358 e. The molecule has 0 aliphatic heterocycles. The van der Waals surface area contributed by atoms with Crippen molar-refractivity contribution in [2.75, 3.05) is 26.2 Å². The zero-order valence-electron chi connectivity index (χ0n) is 16.4. The molecule has 0 amide bonds. The van der Waals surface area contributed by atoms with Crippen LogP contribution in [0.25, 0.3) is 0 Å². The largest absolute Gasteiger partial charge is 0.358 e. The third-order valence-electron chi connectivity index (χ3n) is 3.67. The van der Waals surface area contributed by atoms with Crippen LogP contribution in [0.3, 0.4) is 0 Å². The van der Waals surface area contributed by atoms with Gasteiger partial charge in [0.2, 0.25) is 0 Å². The summed E-state index contributed by atoms with van der Waals surface area (Å²) in [5, 5.41) is 0. The SMILES string of the molecule is CCCCN(CCCC)C(=S)S.CCCCN(CCCC)C(=S)S.[Cu]. The molecule has 0 bridgehead atoms. The van der Waals surface area contributed by atoms with Crippen LogP contribution in [0.4, 0.5) is 0 Å². The molecule has 0 atom stereocenters. The van der Waals surface area contributed by atoms with E-state index in [-0.39, 0.29) is 17.1 Å². The molecule has 0 aromatic heterocycles. The first-order valence-electron chi connectivity index (χ1n) is 9.40. The van der Waals surface area contributed by atoms with Gasteiger partial charge in [-0.1, -0.05) is 77.8 Å². The third kappa shape index (κ3) is 21.2. The summed E-state index contributed by atoms with van der Waals surface area (Å²) in [4.78, 5) is 4.37. The fraction of sp³-hybridized carbons (Fsp3) is 0.889. The van der Waals surface area contributed by atoms with Gasteiger partial charge in [-0.15, -0.1) is 25.3 Å². The normalized spacial score (nSPS) is 9.52. The Kier molecular flexibility index (Phi) is 28.3. The van der Waals surface area contributed by atoms with Crippen LogP contribution >= 0.6 is 49.7 Å². The van der Waals surface area contributed by atoms with Crippen LogP contribution in [-0.4, -0.2) is 44.6 Å². The zero-order valence-corrected chi connectivity index (χ0v) is 20.8. The second-order valence-corrected chi connectivity index (χ2v) is 8.18. The smallest absolute Gasteiger partial charge is 0.133 e. The van der Waals surface area contributed by atoms with Gasteiger partial charge in [-0.25, -0.2) is 0 Å². The van der Waals surface area contributed by atoms with E-state index in [1.54, 1.807) is 0 Å². The Morgan fingerprint density at radius 3 is 0.920 bits per heavy atom. The van der Waals surface area contributed by atoms with Crippen LogP contribution in [0.1, 0.15) is 79.1 Å². The van der Waals surface area contributed by atoms with Crippen molar-refractivity contribution in [1.29, 1.82) is 0 Å². The van der Waals surface area contributed by atoms with Crippen molar-refractivity contribution < 1.29 is 17.1 Å². The third-order valence-corrected chi connectivity index (χ3v) is 4.75.